The Morgan fingerprint density at radius 3 is 1.63 bits per heavy atom. The summed E-state index contributed by atoms with van der Waals surface area (Å²) in [6.45, 7) is 0. The van der Waals surface area contributed by atoms with Crippen LogP contribution in [-0.4, -0.2) is 6.29 Å². The summed E-state index contributed by atoms with van der Waals surface area (Å²) in [4.78, 5) is 0. The summed E-state index contributed by atoms with van der Waals surface area (Å²) < 4.78 is 0. The van der Waals surface area contributed by atoms with E-state index < -0.39 is 6.29 Å². The van der Waals surface area contributed by atoms with Crippen LogP contribution in [0.15, 0.2) is 117 Å². The highest BCUT2D eigenvalue weighted by Crippen LogP contribution is 2.27. The van der Waals surface area contributed by atoms with Crippen molar-refractivity contribution in [2.24, 2.45) is 20.7 Å². The Hall–Kier alpha value is -3.80. The summed E-state index contributed by atoms with van der Waals surface area (Å²) in [5, 5.41) is 22.0. The number of nitrogens with one attached hydrogen (secondary N) is 2. The van der Waals surface area contributed by atoms with E-state index in [1.165, 1.54) is 0 Å². The Balaban J connectivity index is 1.85. The first kappa shape index (κ1) is 16.7. The largest absolute Gasteiger partial charge is 0.341 e. The minimum absolute atomic E-state index is 0.557. The molecule has 6 nitrogen and oxygen atoms in total. The monoisotopic (exact) mass is 354 g/mol. The Labute approximate surface area is 157 Å². The van der Waals surface area contributed by atoms with Crippen LogP contribution < -0.4 is 10.6 Å². The third-order valence-corrected chi connectivity index (χ3v) is 4.05. The molecule has 1 heterocycles. The van der Waals surface area contributed by atoms with E-state index in [2.05, 4.69) is 55.6 Å². The molecule has 0 saturated carbocycles. The van der Waals surface area contributed by atoms with Crippen molar-refractivity contribution in [1.29, 1.82) is 0 Å². The SMILES string of the molecule is c1ccc(NC(NC2N=NN=N2)=C(c2ccccc2)c2ccccc2)cc1. The van der Waals surface area contributed by atoms with Gasteiger partial charge in [0.1, 0.15) is 5.82 Å². The number of hydrogen-bond acceptors (Lipinski definition) is 6. The van der Waals surface area contributed by atoms with Crippen molar-refractivity contribution in [2.75, 3.05) is 5.32 Å². The van der Waals surface area contributed by atoms with E-state index in [-0.39, 0.29) is 0 Å². The van der Waals surface area contributed by atoms with Crippen LogP contribution in [0.2, 0.25) is 0 Å². The molecule has 6 heteroatoms. The van der Waals surface area contributed by atoms with E-state index in [4.69, 9.17) is 0 Å². The van der Waals surface area contributed by atoms with Gasteiger partial charge in [-0.2, -0.15) is 0 Å². The molecule has 4 rings (SSSR count). The summed E-state index contributed by atoms with van der Waals surface area (Å²) in [7, 11) is 0. The zero-order chi connectivity index (χ0) is 18.3. The van der Waals surface area contributed by atoms with Crippen LogP contribution in [0.5, 0.6) is 0 Å². The molecule has 0 aromatic heterocycles. The summed E-state index contributed by atoms with van der Waals surface area (Å²) in [6, 6.07) is 30.4. The zero-order valence-corrected chi connectivity index (χ0v) is 14.5. The predicted octanol–water partition coefficient (Wildman–Crippen LogP) is 5.22. The van der Waals surface area contributed by atoms with Crippen LogP contribution in [-0.2, 0) is 0 Å². The van der Waals surface area contributed by atoms with Crippen LogP contribution in [0.3, 0.4) is 0 Å². The van der Waals surface area contributed by atoms with Crippen LogP contribution in [0.4, 0.5) is 5.69 Å². The fourth-order valence-electron chi connectivity index (χ4n) is 2.86. The third kappa shape index (κ3) is 4.07. The van der Waals surface area contributed by atoms with E-state index in [1.807, 2.05) is 66.7 Å². The molecule has 0 aliphatic carbocycles. The van der Waals surface area contributed by atoms with Gasteiger partial charge in [-0.3, -0.25) is 0 Å². The average Bonchev–Trinajstić information content (AvgIpc) is 3.24. The summed E-state index contributed by atoms with van der Waals surface area (Å²) in [5.74, 6) is 0.781. The topological polar surface area (TPSA) is 73.5 Å². The lowest BCUT2D eigenvalue weighted by Crippen LogP contribution is -2.29. The van der Waals surface area contributed by atoms with Gasteiger partial charge in [0.25, 0.3) is 6.29 Å². The molecule has 27 heavy (non-hydrogen) atoms. The van der Waals surface area contributed by atoms with Gasteiger partial charge >= 0.3 is 0 Å². The maximum atomic E-state index is 3.99. The van der Waals surface area contributed by atoms with Crippen LogP contribution in [0.25, 0.3) is 5.57 Å². The lowest BCUT2D eigenvalue weighted by atomic mass is 9.97. The molecule has 0 atom stereocenters. The van der Waals surface area contributed by atoms with Crippen molar-refractivity contribution < 1.29 is 0 Å². The zero-order valence-electron chi connectivity index (χ0n) is 14.5. The number of hydrogen-bond donors (Lipinski definition) is 2. The quantitative estimate of drug-likeness (QED) is 0.637. The van der Waals surface area contributed by atoms with E-state index in [9.17, 15) is 0 Å². The van der Waals surface area contributed by atoms with Crippen molar-refractivity contribution in [1.82, 2.24) is 5.32 Å². The van der Waals surface area contributed by atoms with Crippen molar-refractivity contribution in [3.05, 3.63) is 108 Å². The summed E-state index contributed by atoms with van der Waals surface area (Å²) in [6.07, 6.45) is -0.557. The molecule has 1 aliphatic heterocycles. The van der Waals surface area contributed by atoms with Gasteiger partial charge in [0, 0.05) is 11.3 Å². The van der Waals surface area contributed by atoms with Gasteiger partial charge in [0.15, 0.2) is 0 Å². The fourth-order valence-corrected chi connectivity index (χ4v) is 2.86. The summed E-state index contributed by atoms with van der Waals surface area (Å²) in [5.41, 5.74) is 4.11. The molecule has 0 spiro atoms. The molecule has 0 amide bonds. The Kier molecular flexibility index (Phi) is 4.97. The molecule has 0 unspecified atom stereocenters. The van der Waals surface area contributed by atoms with Gasteiger partial charge in [0.05, 0.1) is 0 Å². The molecular formula is C21H18N6. The number of anilines is 1. The first-order valence-electron chi connectivity index (χ1n) is 8.64. The minimum atomic E-state index is -0.557. The highest BCUT2D eigenvalue weighted by molar-refractivity contribution is 5.83. The third-order valence-electron chi connectivity index (χ3n) is 4.05. The lowest BCUT2D eigenvalue weighted by molar-refractivity contribution is 0.613. The second kappa shape index (κ2) is 8.05. The normalized spacial score (nSPS) is 12.7. The maximum Gasteiger partial charge on any atom is 0.257 e. The molecule has 132 valence electrons. The van der Waals surface area contributed by atoms with Gasteiger partial charge in [-0.25, -0.2) is 0 Å². The van der Waals surface area contributed by atoms with E-state index >= 15 is 0 Å². The van der Waals surface area contributed by atoms with Crippen molar-refractivity contribution in [3.8, 4) is 0 Å². The van der Waals surface area contributed by atoms with E-state index in [0.717, 1.165) is 28.2 Å². The number of rotatable bonds is 6. The van der Waals surface area contributed by atoms with Gasteiger partial charge in [-0.15, -0.1) is 10.2 Å². The molecular weight excluding hydrogens is 336 g/mol. The van der Waals surface area contributed by atoms with Gasteiger partial charge in [-0.05, 0) is 33.7 Å². The second-order valence-corrected chi connectivity index (χ2v) is 5.90. The summed E-state index contributed by atoms with van der Waals surface area (Å²) >= 11 is 0. The smallest absolute Gasteiger partial charge is 0.257 e. The Bertz CT molecular complexity index is 912. The van der Waals surface area contributed by atoms with Crippen molar-refractivity contribution >= 4 is 11.3 Å². The van der Waals surface area contributed by atoms with Gasteiger partial charge in [0.2, 0.25) is 0 Å². The minimum Gasteiger partial charge on any atom is -0.341 e. The highest BCUT2D eigenvalue weighted by atomic mass is 15.6. The highest BCUT2D eigenvalue weighted by Gasteiger charge is 2.17. The van der Waals surface area contributed by atoms with Crippen molar-refractivity contribution in [3.63, 3.8) is 0 Å². The average molecular weight is 354 g/mol. The predicted molar refractivity (Wildman–Crippen MR) is 106 cm³/mol. The van der Waals surface area contributed by atoms with Crippen molar-refractivity contribution in [2.45, 2.75) is 6.29 Å². The first-order valence-corrected chi connectivity index (χ1v) is 8.64. The molecule has 0 radical (unpaired) electrons. The number of para-hydroxylation sites is 1. The van der Waals surface area contributed by atoms with Crippen LogP contribution >= 0.6 is 0 Å². The molecule has 3 aromatic carbocycles. The van der Waals surface area contributed by atoms with Crippen LogP contribution in [0.1, 0.15) is 11.1 Å². The fraction of sp³-hybridized carbons (Fsp3) is 0.0476. The number of nitrogens with zero attached hydrogens (tertiary/aromatic N) is 4. The standard InChI is InChI=1S/C21H18N6/c1-4-10-16(11-5-1)19(17-12-6-2-7-13-17)20(23-21-24-26-27-25-21)22-18-14-8-3-9-15-18/h1-15,21-23H. The molecule has 1 aliphatic rings. The van der Waals surface area contributed by atoms with Crippen LogP contribution in [0, 0.1) is 0 Å². The molecule has 3 aromatic rings. The molecule has 0 saturated heterocycles. The molecule has 0 fully saturated rings. The number of benzene rings is 3. The van der Waals surface area contributed by atoms with E-state index in [1.54, 1.807) is 0 Å². The molecule has 2 N–H and O–H groups in total. The van der Waals surface area contributed by atoms with Gasteiger partial charge < -0.3 is 10.6 Å². The van der Waals surface area contributed by atoms with Gasteiger partial charge in [-0.1, -0.05) is 78.9 Å². The van der Waals surface area contributed by atoms with E-state index in [0.29, 0.717) is 0 Å². The Morgan fingerprint density at radius 1 is 0.630 bits per heavy atom. The second-order valence-electron chi connectivity index (χ2n) is 5.90. The first-order chi connectivity index (χ1) is 13.4. The Morgan fingerprint density at radius 2 is 1.11 bits per heavy atom. The molecule has 0 bridgehead atoms. The lowest BCUT2D eigenvalue weighted by Gasteiger charge is -2.20. The maximum absolute atomic E-state index is 3.99.